The van der Waals surface area contributed by atoms with E-state index in [4.69, 9.17) is 9.47 Å². The Morgan fingerprint density at radius 2 is 1.94 bits per heavy atom. The number of carbonyl (C=O) groups excluding carboxylic acids is 2. The minimum absolute atomic E-state index is 0.172. The van der Waals surface area contributed by atoms with Crippen LogP contribution in [-0.2, 0) is 20.9 Å². The van der Waals surface area contributed by atoms with Gasteiger partial charge in [-0.2, -0.15) is 0 Å². The van der Waals surface area contributed by atoms with Gasteiger partial charge in [0.25, 0.3) is 0 Å². The smallest absolute Gasteiger partial charge is 0.330 e. The fourth-order valence-electron chi connectivity index (χ4n) is 1.03. The molecule has 0 heterocycles. The number of benzene rings is 1. The van der Waals surface area contributed by atoms with Crippen molar-refractivity contribution in [2.24, 2.45) is 0 Å². The molecule has 0 N–H and O–H groups in total. The fourth-order valence-corrected chi connectivity index (χ4v) is 1.03. The second kappa shape index (κ2) is 5.70. The highest BCUT2D eigenvalue weighted by Crippen LogP contribution is 2.13. The highest BCUT2D eigenvalue weighted by molar-refractivity contribution is 5.81. The average molecular weight is 220 g/mol. The van der Waals surface area contributed by atoms with Gasteiger partial charge in [0.15, 0.2) is 0 Å². The molecule has 0 radical (unpaired) electrons. The average Bonchev–Trinajstić information content (AvgIpc) is 2.27. The summed E-state index contributed by atoms with van der Waals surface area (Å²) in [5.74, 6) is -0.374. The summed E-state index contributed by atoms with van der Waals surface area (Å²) < 4.78 is 9.69. The third-order valence-electron chi connectivity index (χ3n) is 1.73. The molecule has 1 rings (SSSR count). The molecule has 0 fully saturated rings. The Bertz CT molecular complexity index is 392. The number of ether oxygens (including phenoxy) is 2. The molecule has 16 heavy (non-hydrogen) atoms. The topological polar surface area (TPSA) is 52.6 Å². The maximum Gasteiger partial charge on any atom is 0.330 e. The van der Waals surface area contributed by atoms with Crippen molar-refractivity contribution < 1.29 is 19.1 Å². The summed E-state index contributed by atoms with van der Waals surface area (Å²) in [4.78, 5) is 21.4. The first-order valence-electron chi connectivity index (χ1n) is 4.68. The fraction of sp³-hybridized carbons (Fsp3) is 0.167. The van der Waals surface area contributed by atoms with Crippen LogP contribution in [0.15, 0.2) is 36.9 Å². The van der Waals surface area contributed by atoms with Crippen LogP contribution in [0.25, 0.3) is 0 Å². The Labute approximate surface area is 93.5 Å². The van der Waals surface area contributed by atoms with E-state index in [0.717, 1.165) is 11.6 Å². The van der Waals surface area contributed by atoms with Crippen LogP contribution in [0, 0.1) is 0 Å². The quantitative estimate of drug-likeness (QED) is 0.441. The maximum atomic E-state index is 10.8. The molecule has 1 aromatic carbocycles. The Morgan fingerprint density at radius 3 is 2.44 bits per heavy atom. The molecule has 0 atom stereocenters. The second-order valence-corrected chi connectivity index (χ2v) is 3.05. The molecule has 0 unspecified atom stereocenters. The lowest BCUT2D eigenvalue weighted by Crippen LogP contribution is -2.02. The molecule has 0 bridgehead atoms. The van der Waals surface area contributed by atoms with Crippen molar-refractivity contribution in [2.75, 3.05) is 0 Å². The van der Waals surface area contributed by atoms with E-state index in [2.05, 4.69) is 6.58 Å². The number of rotatable bonds is 4. The Kier molecular flexibility index (Phi) is 4.27. The first-order chi connectivity index (χ1) is 7.61. The van der Waals surface area contributed by atoms with Gasteiger partial charge in [-0.15, -0.1) is 0 Å². The number of hydrogen-bond donors (Lipinski definition) is 0. The van der Waals surface area contributed by atoms with E-state index in [-0.39, 0.29) is 12.6 Å². The summed E-state index contributed by atoms with van der Waals surface area (Å²) in [6, 6.07) is 6.71. The van der Waals surface area contributed by atoms with Gasteiger partial charge in [0.2, 0.25) is 0 Å². The third-order valence-corrected chi connectivity index (χ3v) is 1.73. The minimum atomic E-state index is -0.468. The van der Waals surface area contributed by atoms with E-state index in [0.29, 0.717) is 5.75 Å². The van der Waals surface area contributed by atoms with Crippen molar-refractivity contribution in [1.82, 2.24) is 0 Å². The zero-order valence-electron chi connectivity index (χ0n) is 8.93. The summed E-state index contributed by atoms with van der Waals surface area (Å²) in [6.45, 7) is 4.79. The normalized spacial score (nSPS) is 9.31. The van der Waals surface area contributed by atoms with Crippen LogP contribution in [0.5, 0.6) is 5.75 Å². The molecule has 0 aliphatic carbocycles. The van der Waals surface area contributed by atoms with Crippen molar-refractivity contribution >= 4 is 11.9 Å². The predicted octanol–water partition coefficient (Wildman–Crippen LogP) is 1.84. The summed E-state index contributed by atoms with van der Waals surface area (Å²) in [6.07, 6.45) is 1.10. The zero-order chi connectivity index (χ0) is 12.0. The summed E-state index contributed by atoms with van der Waals surface area (Å²) in [5.41, 5.74) is 0.811. The third kappa shape index (κ3) is 3.96. The van der Waals surface area contributed by atoms with E-state index in [9.17, 15) is 9.59 Å². The van der Waals surface area contributed by atoms with Gasteiger partial charge in [-0.3, -0.25) is 4.79 Å². The molecule has 0 spiro atoms. The number of esters is 2. The molecular formula is C12H12O4. The molecule has 0 aliphatic rings. The summed E-state index contributed by atoms with van der Waals surface area (Å²) >= 11 is 0. The van der Waals surface area contributed by atoms with Gasteiger partial charge in [0, 0.05) is 13.0 Å². The highest BCUT2D eigenvalue weighted by Gasteiger charge is 2.00. The molecule has 0 aliphatic heterocycles. The van der Waals surface area contributed by atoms with E-state index in [1.807, 2.05) is 0 Å². The minimum Gasteiger partial charge on any atom is -0.458 e. The van der Waals surface area contributed by atoms with Crippen LogP contribution in [0.1, 0.15) is 12.5 Å². The highest BCUT2D eigenvalue weighted by atomic mass is 16.5. The lowest BCUT2D eigenvalue weighted by molar-refractivity contribution is -0.139. The molecule has 0 saturated carbocycles. The molecule has 0 aromatic heterocycles. The SMILES string of the molecule is C=CC(=O)OCc1ccc(OC(C)=O)cc1. The zero-order valence-corrected chi connectivity index (χ0v) is 8.93. The Hall–Kier alpha value is -2.10. The monoisotopic (exact) mass is 220 g/mol. The van der Waals surface area contributed by atoms with Gasteiger partial charge in [-0.1, -0.05) is 18.7 Å². The lowest BCUT2D eigenvalue weighted by atomic mass is 10.2. The van der Waals surface area contributed by atoms with E-state index in [1.165, 1.54) is 6.92 Å². The van der Waals surface area contributed by atoms with Crippen molar-refractivity contribution in [3.8, 4) is 5.75 Å². The Morgan fingerprint density at radius 1 is 1.31 bits per heavy atom. The van der Waals surface area contributed by atoms with Gasteiger partial charge in [0.1, 0.15) is 12.4 Å². The first-order valence-corrected chi connectivity index (χ1v) is 4.68. The van der Waals surface area contributed by atoms with Gasteiger partial charge >= 0.3 is 11.9 Å². The number of carbonyl (C=O) groups is 2. The maximum absolute atomic E-state index is 10.8. The molecular weight excluding hydrogens is 208 g/mol. The molecule has 1 aromatic rings. The molecule has 84 valence electrons. The van der Waals surface area contributed by atoms with Crippen LogP contribution < -0.4 is 4.74 Å². The van der Waals surface area contributed by atoms with Crippen LogP contribution in [0.3, 0.4) is 0 Å². The lowest BCUT2D eigenvalue weighted by Gasteiger charge is -2.04. The van der Waals surface area contributed by atoms with Crippen LogP contribution in [0.4, 0.5) is 0 Å². The van der Waals surface area contributed by atoms with Gasteiger partial charge in [0.05, 0.1) is 0 Å². The molecule has 0 amide bonds. The first kappa shape index (κ1) is 12.0. The Balaban J connectivity index is 2.54. The molecule has 4 heteroatoms. The molecule has 0 saturated heterocycles. The van der Waals surface area contributed by atoms with E-state index < -0.39 is 5.97 Å². The predicted molar refractivity (Wildman–Crippen MR) is 57.7 cm³/mol. The van der Waals surface area contributed by atoms with Crippen LogP contribution in [-0.4, -0.2) is 11.9 Å². The summed E-state index contributed by atoms with van der Waals surface area (Å²) in [5, 5.41) is 0. The number of hydrogen-bond acceptors (Lipinski definition) is 4. The van der Waals surface area contributed by atoms with E-state index in [1.54, 1.807) is 24.3 Å². The van der Waals surface area contributed by atoms with Gasteiger partial charge in [-0.05, 0) is 17.7 Å². The van der Waals surface area contributed by atoms with Crippen LogP contribution in [0.2, 0.25) is 0 Å². The van der Waals surface area contributed by atoms with Gasteiger partial charge < -0.3 is 9.47 Å². The van der Waals surface area contributed by atoms with Crippen LogP contribution >= 0.6 is 0 Å². The van der Waals surface area contributed by atoms with Crippen molar-refractivity contribution in [2.45, 2.75) is 13.5 Å². The van der Waals surface area contributed by atoms with Gasteiger partial charge in [-0.25, -0.2) is 4.79 Å². The van der Waals surface area contributed by atoms with Crippen molar-refractivity contribution in [1.29, 1.82) is 0 Å². The van der Waals surface area contributed by atoms with Crippen molar-refractivity contribution in [3.05, 3.63) is 42.5 Å². The standard InChI is InChI=1S/C12H12O4/c1-3-12(14)15-8-10-4-6-11(7-5-10)16-9(2)13/h3-7H,1,8H2,2H3. The summed E-state index contributed by atoms with van der Waals surface area (Å²) in [7, 11) is 0. The largest absolute Gasteiger partial charge is 0.458 e. The second-order valence-electron chi connectivity index (χ2n) is 3.05. The van der Waals surface area contributed by atoms with E-state index >= 15 is 0 Å². The molecule has 4 nitrogen and oxygen atoms in total. The van der Waals surface area contributed by atoms with Crippen molar-refractivity contribution in [3.63, 3.8) is 0 Å².